The molecule has 2 rings (SSSR count). The Morgan fingerprint density at radius 2 is 1.90 bits per heavy atom. The fraction of sp³-hybridized carbons (Fsp3) is 0.600. The maximum atomic E-state index is 12.2. The second-order valence-electron chi connectivity index (χ2n) is 5.81. The normalized spacial score (nSPS) is 16.7. The minimum atomic E-state index is -3.42. The second-order valence-corrected chi connectivity index (χ2v) is 7.58. The molecule has 118 valence electrons. The van der Waals surface area contributed by atoms with E-state index in [4.69, 9.17) is 4.74 Å². The molecule has 1 aliphatic rings. The zero-order valence-electron chi connectivity index (χ0n) is 12.7. The summed E-state index contributed by atoms with van der Waals surface area (Å²) >= 11 is 0. The molecule has 0 radical (unpaired) electrons. The van der Waals surface area contributed by atoms with Crippen LogP contribution in [-0.4, -0.2) is 34.7 Å². The average Bonchev–Trinajstić information content (AvgIpc) is 3.21. The highest BCUT2D eigenvalue weighted by molar-refractivity contribution is 7.89. The second kappa shape index (κ2) is 6.77. The molecule has 1 saturated carbocycles. The van der Waals surface area contributed by atoms with Gasteiger partial charge in [-0.3, -0.25) is 0 Å². The molecule has 0 bridgehead atoms. The summed E-state index contributed by atoms with van der Waals surface area (Å²) in [4.78, 5) is 0.283. The van der Waals surface area contributed by atoms with Crippen molar-refractivity contribution in [2.75, 3.05) is 26.2 Å². The number of hydrogen-bond acceptors (Lipinski definition) is 4. The molecule has 6 heteroatoms. The Kier molecular flexibility index (Phi) is 5.24. The molecule has 1 aromatic carbocycles. The third kappa shape index (κ3) is 4.98. The smallest absolute Gasteiger partial charge is 0.240 e. The molecular formula is C15H24N2O3S. The van der Waals surface area contributed by atoms with Gasteiger partial charge in [0.1, 0.15) is 12.4 Å². The Labute approximate surface area is 127 Å². The number of likely N-dealkylation sites (N-methyl/N-ethyl adjacent to an activating group) is 1. The van der Waals surface area contributed by atoms with Crippen molar-refractivity contribution >= 4 is 10.0 Å². The lowest BCUT2D eigenvalue weighted by Crippen LogP contribution is -2.29. The number of hydrogen-bond donors (Lipinski definition) is 2. The Bertz CT molecular complexity index is 551. The van der Waals surface area contributed by atoms with E-state index in [1.54, 1.807) is 24.3 Å². The summed E-state index contributed by atoms with van der Waals surface area (Å²) in [5, 5.41) is 3.16. The van der Waals surface area contributed by atoms with Crippen LogP contribution in [0, 0.1) is 5.41 Å². The first kappa shape index (κ1) is 16.3. The highest BCUT2D eigenvalue weighted by Crippen LogP contribution is 2.44. The van der Waals surface area contributed by atoms with Gasteiger partial charge in [-0.15, -0.1) is 0 Å². The summed E-state index contributed by atoms with van der Waals surface area (Å²) in [6.45, 7) is 6.89. The highest BCUT2D eigenvalue weighted by Gasteiger charge is 2.38. The highest BCUT2D eigenvalue weighted by atomic mass is 32.2. The van der Waals surface area contributed by atoms with Crippen molar-refractivity contribution in [3.05, 3.63) is 24.3 Å². The maximum absolute atomic E-state index is 12.2. The number of ether oxygens (including phenoxy) is 1. The minimum Gasteiger partial charge on any atom is -0.492 e. The quantitative estimate of drug-likeness (QED) is 0.682. The van der Waals surface area contributed by atoms with Crippen LogP contribution in [0.4, 0.5) is 0 Å². The van der Waals surface area contributed by atoms with Crippen LogP contribution in [0.1, 0.15) is 26.7 Å². The zero-order chi connectivity index (χ0) is 15.3. The molecular weight excluding hydrogens is 288 g/mol. The van der Waals surface area contributed by atoms with Crippen molar-refractivity contribution < 1.29 is 13.2 Å². The molecule has 0 spiro atoms. The summed E-state index contributed by atoms with van der Waals surface area (Å²) < 4.78 is 32.5. The molecule has 0 aliphatic heterocycles. The van der Waals surface area contributed by atoms with Crippen LogP contribution < -0.4 is 14.8 Å². The lowest BCUT2D eigenvalue weighted by molar-refractivity contribution is 0.315. The summed E-state index contributed by atoms with van der Waals surface area (Å²) in [6.07, 6.45) is 2.18. The Morgan fingerprint density at radius 1 is 1.24 bits per heavy atom. The van der Waals surface area contributed by atoms with Crippen LogP contribution >= 0.6 is 0 Å². The lowest BCUT2D eigenvalue weighted by atomic mass is 10.2. The lowest BCUT2D eigenvalue weighted by Gasteiger charge is -2.11. The molecule has 0 aromatic heterocycles. The standard InChI is InChI=1S/C15H24N2O3S/c1-3-16-10-11-20-13-4-6-14(7-5-13)21(18,19)17-12-15(2)8-9-15/h4-7,16-17H,3,8-12H2,1-2H3. The molecule has 0 amide bonds. The number of nitrogens with one attached hydrogen (secondary N) is 2. The van der Waals surface area contributed by atoms with Gasteiger partial charge in [0.05, 0.1) is 4.90 Å². The van der Waals surface area contributed by atoms with E-state index in [1.165, 1.54) is 0 Å². The first-order valence-corrected chi connectivity index (χ1v) is 8.87. The van der Waals surface area contributed by atoms with Crippen LogP contribution in [0.5, 0.6) is 5.75 Å². The van der Waals surface area contributed by atoms with Crippen molar-refractivity contribution in [3.63, 3.8) is 0 Å². The molecule has 1 aliphatic carbocycles. The SMILES string of the molecule is CCNCCOc1ccc(S(=O)(=O)NCC2(C)CC2)cc1. The predicted octanol–water partition coefficient (Wildman–Crippen LogP) is 1.75. The molecule has 0 unspecified atom stereocenters. The van der Waals surface area contributed by atoms with Gasteiger partial charge in [0.25, 0.3) is 0 Å². The minimum absolute atomic E-state index is 0.155. The molecule has 0 atom stereocenters. The van der Waals surface area contributed by atoms with Crippen molar-refractivity contribution in [3.8, 4) is 5.75 Å². The van der Waals surface area contributed by atoms with E-state index < -0.39 is 10.0 Å². The van der Waals surface area contributed by atoms with Crippen LogP contribution in [-0.2, 0) is 10.0 Å². The van der Waals surface area contributed by atoms with Crippen molar-refractivity contribution in [2.24, 2.45) is 5.41 Å². The third-order valence-corrected chi connectivity index (χ3v) is 5.14. The first-order valence-electron chi connectivity index (χ1n) is 7.38. The van der Waals surface area contributed by atoms with Gasteiger partial charge in [0.15, 0.2) is 0 Å². The van der Waals surface area contributed by atoms with Crippen molar-refractivity contribution in [2.45, 2.75) is 31.6 Å². The summed E-state index contributed by atoms with van der Waals surface area (Å²) in [5.74, 6) is 0.681. The molecule has 5 nitrogen and oxygen atoms in total. The van der Waals surface area contributed by atoms with Gasteiger partial charge in [0, 0.05) is 13.1 Å². The Morgan fingerprint density at radius 3 is 2.48 bits per heavy atom. The topological polar surface area (TPSA) is 67.4 Å². The molecule has 1 fully saturated rings. The predicted molar refractivity (Wildman–Crippen MR) is 83.0 cm³/mol. The Hall–Kier alpha value is -1.11. The van der Waals surface area contributed by atoms with Gasteiger partial charge in [-0.05, 0) is 49.1 Å². The molecule has 2 N–H and O–H groups in total. The molecule has 0 heterocycles. The van der Waals surface area contributed by atoms with E-state index in [2.05, 4.69) is 17.0 Å². The maximum Gasteiger partial charge on any atom is 0.240 e. The molecule has 21 heavy (non-hydrogen) atoms. The van der Waals surface area contributed by atoms with Crippen molar-refractivity contribution in [1.29, 1.82) is 0 Å². The average molecular weight is 312 g/mol. The summed E-state index contributed by atoms with van der Waals surface area (Å²) in [7, 11) is -3.42. The van der Waals surface area contributed by atoms with Gasteiger partial charge >= 0.3 is 0 Å². The van der Waals surface area contributed by atoms with E-state index in [1.807, 2.05) is 6.92 Å². The number of sulfonamides is 1. The van der Waals surface area contributed by atoms with Gasteiger partial charge in [-0.25, -0.2) is 13.1 Å². The van der Waals surface area contributed by atoms with Gasteiger partial charge < -0.3 is 10.1 Å². The monoisotopic (exact) mass is 312 g/mol. The van der Waals surface area contributed by atoms with Crippen LogP contribution in [0.25, 0.3) is 0 Å². The van der Waals surface area contributed by atoms with Gasteiger partial charge in [-0.1, -0.05) is 13.8 Å². The van der Waals surface area contributed by atoms with Crippen molar-refractivity contribution in [1.82, 2.24) is 10.0 Å². The first-order chi connectivity index (χ1) is 9.95. The van der Waals surface area contributed by atoms with Crippen LogP contribution in [0.15, 0.2) is 29.2 Å². The van der Waals surface area contributed by atoms with Gasteiger partial charge in [-0.2, -0.15) is 0 Å². The fourth-order valence-corrected chi connectivity index (χ4v) is 3.08. The number of benzene rings is 1. The van der Waals surface area contributed by atoms with E-state index in [9.17, 15) is 8.42 Å². The zero-order valence-corrected chi connectivity index (χ0v) is 13.5. The summed E-state index contributed by atoms with van der Waals surface area (Å²) in [6, 6.07) is 6.55. The van der Waals surface area contributed by atoms with Crippen LogP contribution in [0.3, 0.4) is 0 Å². The van der Waals surface area contributed by atoms with E-state index in [0.29, 0.717) is 18.9 Å². The fourth-order valence-electron chi connectivity index (χ4n) is 1.88. The van der Waals surface area contributed by atoms with E-state index in [-0.39, 0.29) is 10.3 Å². The summed E-state index contributed by atoms with van der Waals surface area (Å²) in [5.41, 5.74) is 0.155. The molecule has 0 saturated heterocycles. The largest absolute Gasteiger partial charge is 0.492 e. The molecule has 1 aromatic rings. The third-order valence-electron chi connectivity index (χ3n) is 3.72. The number of rotatable bonds is 9. The van der Waals surface area contributed by atoms with E-state index in [0.717, 1.165) is 25.9 Å². The van der Waals surface area contributed by atoms with Crippen LogP contribution in [0.2, 0.25) is 0 Å². The van der Waals surface area contributed by atoms with E-state index >= 15 is 0 Å². The Balaban J connectivity index is 1.88. The van der Waals surface area contributed by atoms with Gasteiger partial charge in [0.2, 0.25) is 10.0 Å².